The topological polar surface area (TPSA) is 26.3 Å². The summed E-state index contributed by atoms with van der Waals surface area (Å²) in [5.74, 6) is 0. The maximum Gasteiger partial charge on any atom is 0.327 e. The summed E-state index contributed by atoms with van der Waals surface area (Å²) >= 11 is 1.44. The van der Waals surface area contributed by atoms with Crippen molar-refractivity contribution in [2.45, 2.75) is 0 Å². The molecule has 0 atom stereocenters. The number of hydrogen-bond acceptors (Lipinski definition) is 2. The van der Waals surface area contributed by atoms with Gasteiger partial charge < -0.3 is 3.07 Å². The van der Waals surface area contributed by atoms with E-state index in [-0.39, 0.29) is 0 Å². The third-order valence-corrected chi connectivity index (χ3v) is 0.479. The number of hydrogen-bond donors (Lipinski definition) is 0. The fourth-order valence-corrected chi connectivity index (χ4v) is 0.288. The van der Waals surface area contributed by atoms with Gasteiger partial charge in [-0.25, -0.2) is 0 Å². The Morgan fingerprint density at radius 1 is 2.00 bits per heavy atom. The molecule has 0 radical (unpaired) electrons. The van der Waals surface area contributed by atoms with Crippen LogP contribution >= 0.6 is 23.0 Å². The van der Waals surface area contributed by atoms with Gasteiger partial charge in [0.15, 0.2) is 0 Å². The molecule has 0 saturated heterocycles. The quantitative estimate of drug-likeness (QED) is 0.492. The summed E-state index contributed by atoms with van der Waals surface area (Å²) in [4.78, 5) is 9.25. The molecule has 0 amide bonds. The van der Waals surface area contributed by atoms with E-state index in [4.69, 9.17) is 0 Å². The first kappa shape index (κ1) is 6.29. The summed E-state index contributed by atoms with van der Waals surface area (Å²) in [6.07, 6.45) is 0. The average Bonchev–Trinajstić information content (AvgIpc) is 1.35. The van der Waals surface area contributed by atoms with Gasteiger partial charge in [-0.2, -0.15) is 4.39 Å². The highest BCUT2D eigenvalue weighted by Crippen LogP contribution is 1.84. The van der Waals surface area contributed by atoms with Crippen LogP contribution in [0, 0.1) is 0 Å². The van der Waals surface area contributed by atoms with E-state index in [0.717, 1.165) is 0 Å². The van der Waals surface area contributed by atoms with E-state index in [1.54, 1.807) is 0 Å². The van der Waals surface area contributed by atoms with Crippen LogP contribution in [0.4, 0.5) is 4.39 Å². The van der Waals surface area contributed by atoms with Crippen molar-refractivity contribution in [2.24, 2.45) is 0 Å². The Hall–Kier alpha value is 0.290. The second kappa shape index (κ2) is 3.48. The lowest BCUT2D eigenvalue weighted by molar-refractivity contribution is -0.130. The zero-order valence-electron chi connectivity index (χ0n) is 2.78. The minimum Gasteiger partial charge on any atom is -0.305 e. The Bertz CT molecular complexity index is 55.5. The van der Waals surface area contributed by atoms with Crippen molar-refractivity contribution in [2.75, 3.05) is 6.61 Å². The Morgan fingerprint density at radius 2 is 2.50 bits per heavy atom. The second-order valence-corrected chi connectivity index (χ2v) is 1.23. The van der Waals surface area contributed by atoms with Crippen LogP contribution in [-0.4, -0.2) is 12.6 Å². The van der Waals surface area contributed by atoms with Crippen molar-refractivity contribution in [1.29, 1.82) is 0 Å². The monoisotopic (exact) mass is 204 g/mol. The van der Waals surface area contributed by atoms with Crippen molar-refractivity contribution >= 4 is 29.0 Å². The number of carbonyl (C=O) groups is 1. The first-order valence-corrected chi connectivity index (χ1v) is 2.07. The third kappa shape index (κ3) is 4.29. The maximum atomic E-state index is 10.9. The molecule has 0 aromatic carbocycles. The lowest BCUT2D eigenvalue weighted by atomic mass is 10.8. The maximum absolute atomic E-state index is 10.9. The third-order valence-electron chi connectivity index (χ3n) is 0.168. The molecule has 0 unspecified atom stereocenters. The number of rotatable bonds is 2. The molecule has 0 saturated carbocycles. The first-order chi connectivity index (χ1) is 2.77. The van der Waals surface area contributed by atoms with Gasteiger partial charge in [0, 0.05) is 0 Å². The van der Waals surface area contributed by atoms with Crippen molar-refractivity contribution in [3.63, 3.8) is 0 Å². The summed E-state index contributed by atoms with van der Waals surface area (Å²) < 4.78 is 15.0. The fraction of sp³-hybridized carbons (Fsp3) is 0.500. The van der Waals surface area contributed by atoms with Crippen LogP contribution in [0.3, 0.4) is 0 Å². The fourth-order valence-electron chi connectivity index (χ4n) is 0.0429. The number of halogens is 2. The van der Waals surface area contributed by atoms with Crippen LogP contribution < -0.4 is 0 Å². The second-order valence-electron chi connectivity index (χ2n) is 0.609. The molecule has 0 aromatic rings. The lowest BCUT2D eigenvalue weighted by Gasteiger charge is -1.78. The van der Waals surface area contributed by atoms with Gasteiger partial charge in [-0.1, -0.05) is 0 Å². The lowest BCUT2D eigenvalue weighted by Crippen LogP contribution is -1.93. The summed E-state index contributed by atoms with van der Waals surface area (Å²) in [6, 6.07) is -1.44. The molecule has 0 aliphatic carbocycles. The SMILES string of the molecule is O=C(F)COI. The van der Waals surface area contributed by atoms with Gasteiger partial charge in [0.1, 0.15) is 29.6 Å². The van der Waals surface area contributed by atoms with Gasteiger partial charge in [0.05, 0.1) is 0 Å². The van der Waals surface area contributed by atoms with E-state index in [1.165, 1.54) is 23.0 Å². The minimum absolute atomic E-state index is 0.444. The van der Waals surface area contributed by atoms with E-state index >= 15 is 0 Å². The highest BCUT2D eigenvalue weighted by atomic mass is 127. The largest absolute Gasteiger partial charge is 0.327 e. The molecule has 0 fully saturated rings. The average molecular weight is 204 g/mol. The van der Waals surface area contributed by atoms with Crippen LogP contribution in [0.25, 0.3) is 0 Å². The summed E-state index contributed by atoms with van der Waals surface area (Å²) in [5.41, 5.74) is 0. The van der Waals surface area contributed by atoms with E-state index in [9.17, 15) is 9.18 Å². The van der Waals surface area contributed by atoms with E-state index < -0.39 is 12.6 Å². The zero-order valence-corrected chi connectivity index (χ0v) is 4.94. The molecule has 0 aliphatic heterocycles. The molecule has 0 heterocycles. The van der Waals surface area contributed by atoms with E-state index in [2.05, 4.69) is 3.07 Å². The molecule has 0 aliphatic rings. The summed E-state index contributed by atoms with van der Waals surface area (Å²) in [5, 5.41) is 0. The van der Waals surface area contributed by atoms with Crippen LogP contribution in [0.1, 0.15) is 0 Å². The highest BCUT2D eigenvalue weighted by Gasteiger charge is 1.91. The van der Waals surface area contributed by atoms with Gasteiger partial charge in [-0.15, -0.1) is 0 Å². The Kier molecular flexibility index (Phi) is 3.65. The first-order valence-electron chi connectivity index (χ1n) is 1.19. The molecule has 0 N–H and O–H groups in total. The highest BCUT2D eigenvalue weighted by molar-refractivity contribution is 14.1. The smallest absolute Gasteiger partial charge is 0.305 e. The zero-order chi connectivity index (χ0) is 4.99. The molecule has 6 heavy (non-hydrogen) atoms. The summed E-state index contributed by atoms with van der Waals surface area (Å²) in [6.45, 7) is -0.444. The van der Waals surface area contributed by atoms with Crippen LogP contribution in [0.2, 0.25) is 0 Å². The van der Waals surface area contributed by atoms with Crippen molar-refractivity contribution in [1.82, 2.24) is 0 Å². The van der Waals surface area contributed by atoms with E-state index in [1.807, 2.05) is 0 Å². The Morgan fingerprint density at radius 3 is 2.50 bits per heavy atom. The number of carbonyl (C=O) groups excluding carboxylic acids is 1. The van der Waals surface area contributed by atoms with Crippen molar-refractivity contribution in [3.8, 4) is 0 Å². The van der Waals surface area contributed by atoms with Crippen molar-refractivity contribution < 1.29 is 12.3 Å². The molecule has 2 nitrogen and oxygen atoms in total. The Balaban J connectivity index is 2.83. The molecule has 0 rings (SSSR count). The van der Waals surface area contributed by atoms with Gasteiger partial charge in [-0.3, -0.25) is 4.79 Å². The summed E-state index contributed by atoms with van der Waals surface area (Å²) in [7, 11) is 0. The Labute approximate surface area is 48.4 Å². The molecule has 4 heteroatoms. The minimum atomic E-state index is -1.44. The predicted octanol–water partition coefficient (Wildman–Crippen LogP) is 0.849. The van der Waals surface area contributed by atoms with Crippen molar-refractivity contribution in [3.05, 3.63) is 0 Å². The normalized spacial score (nSPS) is 8.33. The predicted molar refractivity (Wildman–Crippen MR) is 26.1 cm³/mol. The molecular weight excluding hydrogens is 202 g/mol. The van der Waals surface area contributed by atoms with Crippen LogP contribution in [0.15, 0.2) is 0 Å². The molecule has 0 spiro atoms. The molecular formula is C2H2FIO2. The standard InChI is InChI=1S/C2H2FIO2/c3-2(5)1-6-4/h1H2. The molecule has 36 valence electrons. The van der Waals surface area contributed by atoms with Gasteiger partial charge >= 0.3 is 6.04 Å². The van der Waals surface area contributed by atoms with E-state index in [0.29, 0.717) is 0 Å². The molecule has 0 aromatic heterocycles. The van der Waals surface area contributed by atoms with Gasteiger partial charge in [0.2, 0.25) is 0 Å². The molecule has 0 bridgehead atoms. The van der Waals surface area contributed by atoms with Gasteiger partial charge in [-0.05, 0) is 0 Å². The van der Waals surface area contributed by atoms with Crippen LogP contribution in [0.5, 0.6) is 0 Å². The van der Waals surface area contributed by atoms with Gasteiger partial charge in [0.25, 0.3) is 0 Å². The van der Waals surface area contributed by atoms with Crippen LogP contribution in [-0.2, 0) is 7.86 Å².